The number of aliphatic carboxylic acids is 1. The van der Waals surface area contributed by atoms with Gasteiger partial charge in [0.15, 0.2) is 17.3 Å². The van der Waals surface area contributed by atoms with E-state index in [-0.39, 0.29) is 58.8 Å². The number of hydrogen-bond acceptors (Lipinski definition) is 10. The third-order valence-corrected chi connectivity index (χ3v) is 6.47. The first-order chi connectivity index (χ1) is 18.7. The van der Waals surface area contributed by atoms with Crippen LogP contribution in [0.15, 0.2) is 60.2 Å². The summed E-state index contributed by atoms with van der Waals surface area (Å²) in [5.74, 6) is -0.248. The second-order valence-electron chi connectivity index (χ2n) is 8.84. The molecule has 4 rings (SSSR count). The summed E-state index contributed by atoms with van der Waals surface area (Å²) >= 11 is 1.02. The van der Waals surface area contributed by atoms with Crippen LogP contribution in [0, 0.1) is 0 Å². The quantitative estimate of drug-likeness (QED) is 0.149. The number of fused-ring (bicyclic) bond motifs is 1. The zero-order valence-corrected chi connectivity index (χ0v) is 26.0. The Morgan fingerprint density at radius 1 is 0.850 bits per heavy atom. The molecule has 0 saturated heterocycles. The number of ketones is 1. The van der Waals surface area contributed by atoms with Crippen LogP contribution in [0.3, 0.4) is 0 Å². The molecule has 0 aliphatic carbocycles. The number of allylic oxidation sites excluding steroid dienone is 1. The first-order valence-corrected chi connectivity index (χ1v) is 12.8. The van der Waals surface area contributed by atoms with Gasteiger partial charge in [-0.2, -0.15) is 8.75 Å². The van der Waals surface area contributed by atoms with Crippen molar-refractivity contribution < 1.29 is 63.2 Å². The van der Waals surface area contributed by atoms with Gasteiger partial charge in [-0.05, 0) is 73.5 Å². The Balaban J connectivity index is 0.00000441. The summed E-state index contributed by atoms with van der Waals surface area (Å²) in [5, 5.41) is 12.6. The summed E-state index contributed by atoms with van der Waals surface area (Å²) in [6.07, 6.45) is -0.0990. The molecule has 1 heterocycles. The summed E-state index contributed by atoms with van der Waals surface area (Å²) in [7, 11) is 4.44. The van der Waals surface area contributed by atoms with Crippen molar-refractivity contribution in [2.75, 3.05) is 21.3 Å². The minimum absolute atomic E-state index is 0. The summed E-state index contributed by atoms with van der Waals surface area (Å²) in [5.41, 5.74) is 2.07. The molecule has 0 unspecified atom stereocenters. The number of rotatable bonds is 11. The summed E-state index contributed by atoms with van der Waals surface area (Å²) in [4.78, 5) is 26.6. The molecular formula is C29H27N2NaO7S. The van der Waals surface area contributed by atoms with E-state index in [0.29, 0.717) is 45.2 Å². The Bertz CT molecular complexity index is 1520. The molecule has 0 amide bonds. The number of carbonyl (C=O) groups excluding carboxylic acids is 2. The van der Waals surface area contributed by atoms with Gasteiger partial charge in [0.1, 0.15) is 16.8 Å². The second-order valence-corrected chi connectivity index (χ2v) is 9.37. The molecule has 0 fully saturated rings. The fourth-order valence-corrected chi connectivity index (χ4v) is 4.73. The molecule has 0 atom stereocenters. The van der Waals surface area contributed by atoms with Gasteiger partial charge < -0.3 is 28.8 Å². The van der Waals surface area contributed by atoms with E-state index in [0.717, 1.165) is 11.7 Å². The number of methoxy groups -OCH3 is 3. The monoisotopic (exact) mass is 570 g/mol. The largest absolute Gasteiger partial charge is 1.00 e. The number of carbonyl (C=O) groups is 2. The van der Waals surface area contributed by atoms with Gasteiger partial charge in [0, 0.05) is 23.1 Å². The van der Waals surface area contributed by atoms with E-state index in [4.69, 9.17) is 18.9 Å². The van der Waals surface area contributed by atoms with Gasteiger partial charge in [0.2, 0.25) is 5.75 Å². The Kier molecular flexibility index (Phi) is 10.7. The topological polar surface area (TPSA) is 120 Å². The predicted octanol–water partition coefficient (Wildman–Crippen LogP) is 1.14. The molecule has 9 nitrogen and oxygen atoms in total. The zero-order valence-electron chi connectivity index (χ0n) is 23.1. The molecule has 0 radical (unpaired) electrons. The van der Waals surface area contributed by atoms with Gasteiger partial charge in [-0.3, -0.25) is 4.79 Å². The van der Waals surface area contributed by atoms with Crippen molar-refractivity contribution in [3.8, 4) is 23.0 Å². The smallest absolute Gasteiger partial charge is 0.545 e. The predicted molar refractivity (Wildman–Crippen MR) is 146 cm³/mol. The summed E-state index contributed by atoms with van der Waals surface area (Å²) < 4.78 is 30.4. The fourth-order valence-electron chi connectivity index (χ4n) is 4.21. The van der Waals surface area contributed by atoms with E-state index in [1.54, 1.807) is 54.6 Å². The van der Waals surface area contributed by atoms with Crippen LogP contribution in [0.1, 0.15) is 35.3 Å². The van der Waals surface area contributed by atoms with Crippen molar-refractivity contribution in [1.82, 2.24) is 8.75 Å². The normalized spacial score (nSPS) is 11.4. The summed E-state index contributed by atoms with van der Waals surface area (Å²) in [6, 6.07) is 14.8. The number of hydrogen-bond donors (Lipinski definition) is 0. The number of carboxylic acid groups (broad SMARTS) is 1. The molecular weight excluding hydrogens is 543 g/mol. The number of nitrogens with zero attached hydrogens (tertiary/aromatic N) is 2. The van der Waals surface area contributed by atoms with Gasteiger partial charge in [-0.1, -0.05) is 6.07 Å². The molecule has 0 aliphatic heterocycles. The van der Waals surface area contributed by atoms with Crippen LogP contribution in [0.25, 0.3) is 16.6 Å². The van der Waals surface area contributed by atoms with Crippen LogP contribution in [0.2, 0.25) is 0 Å². The van der Waals surface area contributed by atoms with E-state index in [1.165, 1.54) is 21.3 Å². The van der Waals surface area contributed by atoms with Gasteiger partial charge in [0.25, 0.3) is 0 Å². The Morgan fingerprint density at radius 3 is 2.00 bits per heavy atom. The third-order valence-electron chi connectivity index (χ3n) is 5.92. The first-order valence-electron chi connectivity index (χ1n) is 12.0. The van der Waals surface area contributed by atoms with Gasteiger partial charge in [0.05, 0.1) is 45.1 Å². The van der Waals surface area contributed by atoms with Crippen LogP contribution in [-0.2, 0) is 11.2 Å². The number of benzene rings is 3. The maximum Gasteiger partial charge on any atom is 1.00 e. The number of carboxylic acids is 1. The molecule has 0 N–H and O–H groups in total. The maximum absolute atomic E-state index is 13.9. The van der Waals surface area contributed by atoms with Crippen molar-refractivity contribution in [2.24, 2.45) is 0 Å². The molecule has 0 bridgehead atoms. The van der Waals surface area contributed by atoms with Crippen LogP contribution in [0.5, 0.6) is 23.0 Å². The van der Waals surface area contributed by atoms with Crippen LogP contribution in [0.4, 0.5) is 0 Å². The number of ether oxygens (including phenoxy) is 4. The van der Waals surface area contributed by atoms with Gasteiger partial charge in [-0.25, -0.2) is 0 Å². The van der Waals surface area contributed by atoms with Crippen molar-refractivity contribution in [1.29, 1.82) is 0 Å². The molecule has 202 valence electrons. The summed E-state index contributed by atoms with van der Waals surface area (Å²) in [6.45, 7) is 3.80. The van der Waals surface area contributed by atoms with Crippen LogP contribution >= 0.6 is 11.7 Å². The number of aromatic nitrogens is 2. The third kappa shape index (κ3) is 6.82. The second kappa shape index (κ2) is 13.8. The minimum atomic E-state index is -1.49. The Labute approximate surface area is 258 Å². The van der Waals surface area contributed by atoms with E-state index in [9.17, 15) is 14.7 Å². The molecule has 1 aromatic heterocycles. The Hall–Kier alpha value is -3.44. The molecule has 0 aliphatic rings. The molecule has 3 aromatic carbocycles. The minimum Gasteiger partial charge on any atom is -0.545 e. The molecule has 40 heavy (non-hydrogen) atoms. The van der Waals surface area contributed by atoms with Crippen molar-refractivity contribution in [2.45, 2.75) is 26.4 Å². The van der Waals surface area contributed by atoms with E-state index in [2.05, 4.69) is 8.75 Å². The fraction of sp³-hybridized carbons (Fsp3) is 0.241. The van der Waals surface area contributed by atoms with E-state index < -0.39 is 11.8 Å². The first kappa shape index (κ1) is 31.1. The van der Waals surface area contributed by atoms with Crippen molar-refractivity contribution >= 4 is 40.1 Å². The van der Waals surface area contributed by atoms with Gasteiger partial charge >= 0.3 is 29.6 Å². The van der Waals surface area contributed by atoms with Crippen LogP contribution in [-0.4, -0.2) is 47.9 Å². The average Bonchev–Trinajstić information content (AvgIpc) is 3.39. The van der Waals surface area contributed by atoms with Crippen molar-refractivity contribution in [3.63, 3.8) is 0 Å². The molecule has 11 heteroatoms. The molecule has 0 spiro atoms. The van der Waals surface area contributed by atoms with E-state index >= 15 is 0 Å². The standard InChI is InChI=1S/C29H28N2O7S.Na/c1-16(2)38-20-9-6-18(7-10-20)27(32)21(12-17-13-24(35-3)28(37-5)25(14-17)36-4)26(29(33)34)19-8-11-22-23(15-19)31-39-30-22;/h6-11,13-16H,12H2,1-5H3,(H,33,34);/q;+1/p-1. The van der Waals surface area contributed by atoms with Crippen molar-refractivity contribution in [3.05, 3.63) is 76.9 Å². The molecule has 0 saturated carbocycles. The molecule has 4 aromatic rings. The van der Waals surface area contributed by atoms with Crippen LogP contribution < -0.4 is 53.6 Å². The Morgan fingerprint density at radius 2 is 1.45 bits per heavy atom. The maximum atomic E-state index is 13.9. The zero-order chi connectivity index (χ0) is 28.1. The van der Waals surface area contributed by atoms with E-state index in [1.807, 2.05) is 13.8 Å². The SMILES string of the molecule is COc1cc(CC(C(=O)c2ccc(OC(C)C)cc2)=C(C(=O)[O-])c2ccc3nsnc3c2)cc(OC)c1OC.[Na+]. The average molecular weight is 571 g/mol. The van der Waals surface area contributed by atoms with Gasteiger partial charge in [-0.15, -0.1) is 0 Å². The number of Topliss-reactive ketones (excluding diaryl/α,β-unsaturated/α-hetero) is 1.